The number of anilines is 1. The van der Waals surface area contributed by atoms with E-state index in [2.05, 4.69) is 36.0 Å². The molecule has 1 heterocycles. The Kier molecular flexibility index (Phi) is 7.31. The molecule has 0 amide bonds. The summed E-state index contributed by atoms with van der Waals surface area (Å²) >= 11 is 5.59. The number of nitrogens with zero attached hydrogens (tertiary/aromatic N) is 2. The highest BCUT2D eigenvalue weighted by atomic mass is 32.1. The first-order valence-electron chi connectivity index (χ1n) is 8.90. The van der Waals surface area contributed by atoms with Crippen LogP contribution in [-0.2, 0) is 0 Å². The zero-order valence-corrected chi connectivity index (χ0v) is 16.2. The van der Waals surface area contributed by atoms with Crippen LogP contribution in [0.5, 0.6) is 5.75 Å². The summed E-state index contributed by atoms with van der Waals surface area (Å²) in [5, 5.41) is 4.15. The van der Waals surface area contributed by atoms with E-state index in [1.807, 2.05) is 24.3 Å². The van der Waals surface area contributed by atoms with Crippen LogP contribution < -0.4 is 10.1 Å². The highest BCUT2D eigenvalue weighted by Gasteiger charge is 2.23. The molecule has 1 saturated heterocycles. The van der Waals surface area contributed by atoms with E-state index >= 15 is 0 Å². The molecule has 0 saturated carbocycles. The van der Waals surface area contributed by atoms with Crippen molar-refractivity contribution >= 4 is 23.0 Å². The Morgan fingerprint density at radius 3 is 2.71 bits per heavy atom. The van der Waals surface area contributed by atoms with E-state index < -0.39 is 0 Å². The molecule has 1 fully saturated rings. The van der Waals surface area contributed by atoms with Gasteiger partial charge in [0.05, 0.1) is 7.11 Å². The van der Waals surface area contributed by atoms with Crippen molar-refractivity contribution in [2.24, 2.45) is 5.92 Å². The third-order valence-corrected chi connectivity index (χ3v) is 5.12. The van der Waals surface area contributed by atoms with Gasteiger partial charge in [-0.15, -0.1) is 0 Å². The molecule has 0 unspecified atom stereocenters. The number of hydrogen-bond acceptors (Lipinski definition) is 3. The second-order valence-electron chi connectivity index (χ2n) is 7.04. The fourth-order valence-electron chi connectivity index (χ4n) is 3.06. The summed E-state index contributed by atoms with van der Waals surface area (Å²) in [5.74, 6) is 1.61. The largest absolute Gasteiger partial charge is 0.497 e. The first-order valence-corrected chi connectivity index (χ1v) is 9.30. The number of nitrogens with one attached hydrogen (secondary N) is 1. The maximum absolute atomic E-state index is 5.59. The summed E-state index contributed by atoms with van der Waals surface area (Å²) in [5.41, 5.74) is 0.982. The van der Waals surface area contributed by atoms with E-state index in [1.165, 1.54) is 25.8 Å². The summed E-state index contributed by atoms with van der Waals surface area (Å²) in [7, 11) is 3.94. The number of ether oxygens (including phenoxy) is 1. The summed E-state index contributed by atoms with van der Waals surface area (Å²) in [6.07, 6.45) is 3.62. The molecular formula is C19H31N3OS. The standard InChI is InChI=1S/C19H31N3OS/c1-15(2)8-11-21(3)17-9-12-22(13-10-17)19(24)20-16-6-5-7-18(14-16)23-4/h5-7,14-15,17H,8-13H2,1-4H3,(H,20,24). The molecule has 0 bridgehead atoms. The van der Waals surface area contributed by atoms with Crippen molar-refractivity contribution in [1.82, 2.24) is 9.80 Å². The summed E-state index contributed by atoms with van der Waals surface area (Å²) in [6, 6.07) is 8.58. The Morgan fingerprint density at radius 1 is 1.38 bits per heavy atom. The first-order chi connectivity index (χ1) is 11.5. The van der Waals surface area contributed by atoms with Gasteiger partial charge in [-0.3, -0.25) is 0 Å². The van der Waals surface area contributed by atoms with E-state index in [1.54, 1.807) is 7.11 Å². The molecule has 0 spiro atoms. The van der Waals surface area contributed by atoms with Crippen molar-refractivity contribution < 1.29 is 4.74 Å². The van der Waals surface area contributed by atoms with Gasteiger partial charge in [0.15, 0.2) is 5.11 Å². The van der Waals surface area contributed by atoms with Crippen LogP contribution in [0.25, 0.3) is 0 Å². The Morgan fingerprint density at radius 2 is 2.08 bits per heavy atom. The third-order valence-electron chi connectivity index (χ3n) is 4.76. The summed E-state index contributed by atoms with van der Waals surface area (Å²) in [4.78, 5) is 4.80. The highest BCUT2D eigenvalue weighted by Crippen LogP contribution is 2.20. The van der Waals surface area contributed by atoms with Crippen LogP contribution in [-0.4, -0.2) is 54.7 Å². The van der Waals surface area contributed by atoms with Gasteiger partial charge >= 0.3 is 0 Å². The summed E-state index contributed by atoms with van der Waals surface area (Å²) in [6.45, 7) is 7.81. The van der Waals surface area contributed by atoms with Gasteiger partial charge in [0.2, 0.25) is 0 Å². The van der Waals surface area contributed by atoms with Crippen LogP contribution in [0.1, 0.15) is 33.1 Å². The SMILES string of the molecule is COc1cccc(NC(=S)N2CCC(N(C)CCC(C)C)CC2)c1. The quantitative estimate of drug-likeness (QED) is 0.788. The Labute approximate surface area is 152 Å². The van der Waals surface area contributed by atoms with Gasteiger partial charge in [-0.2, -0.15) is 0 Å². The highest BCUT2D eigenvalue weighted by molar-refractivity contribution is 7.80. The van der Waals surface area contributed by atoms with Crippen LogP contribution in [0.3, 0.4) is 0 Å². The topological polar surface area (TPSA) is 27.7 Å². The fourth-order valence-corrected chi connectivity index (χ4v) is 3.36. The third kappa shape index (κ3) is 5.64. The number of piperidine rings is 1. The average Bonchev–Trinajstić information content (AvgIpc) is 2.59. The number of likely N-dealkylation sites (tertiary alicyclic amines) is 1. The second kappa shape index (κ2) is 9.23. The molecule has 134 valence electrons. The Hall–Kier alpha value is -1.33. The number of rotatable bonds is 6. The molecule has 1 aliphatic rings. The number of thiocarbonyl (C=S) groups is 1. The lowest BCUT2D eigenvalue weighted by Crippen LogP contribution is -2.47. The monoisotopic (exact) mass is 349 g/mol. The molecule has 2 rings (SSSR count). The van der Waals surface area contributed by atoms with Gasteiger partial charge in [-0.25, -0.2) is 0 Å². The molecule has 1 N–H and O–H groups in total. The normalized spacial score (nSPS) is 15.8. The van der Waals surface area contributed by atoms with Gasteiger partial charge in [-0.1, -0.05) is 19.9 Å². The maximum atomic E-state index is 5.59. The van der Waals surface area contributed by atoms with Crippen LogP contribution >= 0.6 is 12.2 Å². The predicted octanol–water partition coefficient (Wildman–Crippen LogP) is 3.83. The van der Waals surface area contributed by atoms with Gasteiger partial charge in [0.25, 0.3) is 0 Å². The number of hydrogen-bond donors (Lipinski definition) is 1. The van der Waals surface area contributed by atoms with E-state index in [4.69, 9.17) is 17.0 Å². The van der Waals surface area contributed by atoms with Crippen molar-refractivity contribution in [1.29, 1.82) is 0 Å². The molecule has 1 aromatic rings. The van der Waals surface area contributed by atoms with Crippen molar-refractivity contribution in [3.05, 3.63) is 24.3 Å². The predicted molar refractivity (Wildman–Crippen MR) is 106 cm³/mol. The molecule has 0 radical (unpaired) electrons. The van der Waals surface area contributed by atoms with Crippen LogP contribution in [0.4, 0.5) is 5.69 Å². The number of benzene rings is 1. The summed E-state index contributed by atoms with van der Waals surface area (Å²) < 4.78 is 5.26. The smallest absolute Gasteiger partial charge is 0.173 e. The molecule has 0 aliphatic carbocycles. The van der Waals surface area contributed by atoms with E-state index in [9.17, 15) is 0 Å². The van der Waals surface area contributed by atoms with Crippen molar-refractivity contribution in [3.63, 3.8) is 0 Å². The van der Waals surface area contributed by atoms with Crippen LogP contribution in [0.2, 0.25) is 0 Å². The van der Waals surface area contributed by atoms with E-state index in [0.717, 1.165) is 35.6 Å². The molecule has 4 nitrogen and oxygen atoms in total. The lowest BCUT2D eigenvalue weighted by Gasteiger charge is -2.38. The van der Waals surface area contributed by atoms with Crippen molar-refractivity contribution in [2.45, 2.75) is 39.2 Å². The zero-order valence-electron chi connectivity index (χ0n) is 15.4. The molecule has 1 aromatic carbocycles. The minimum absolute atomic E-state index is 0.680. The van der Waals surface area contributed by atoms with Crippen LogP contribution in [0.15, 0.2) is 24.3 Å². The molecular weight excluding hydrogens is 318 g/mol. The lowest BCUT2D eigenvalue weighted by atomic mass is 10.0. The second-order valence-corrected chi connectivity index (χ2v) is 7.43. The Balaban J connectivity index is 1.79. The molecule has 0 atom stereocenters. The van der Waals surface area contributed by atoms with Crippen LogP contribution in [0, 0.1) is 5.92 Å². The van der Waals surface area contributed by atoms with Gasteiger partial charge in [0.1, 0.15) is 5.75 Å². The van der Waals surface area contributed by atoms with Gasteiger partial charge in [0, 0.05) is 30.9 Å². The molecule has 0 aromatic heterocycles. The molecule has 1 aliphatic heterocycles. The average molecular weight is 350 g/mol. The minimum Gasteiger partial charge on any atom is -0.497 e. The van der Waals surface area contributed by atoms with E-state index in [0.29, 0.717) is 6.04 Å². The molecule has 24 heavy (non-hydrogen) atoms. The van der Waals surface area contributed by atoms with Crippen molar-refractivity contribution in [3.8, 4) is 5.75 Å². The fraction of sp³-hybridized carbons (Fsp3) is 0.632. The Bertz CT molecular complexity index is 527. The number of methoxy groups -OCH3 is 1. The first kappa shape index (κ1) is 19.0. The lowest BCUT2D eigenvalue weighted by molar-refractivity contribution is 0.159. The molecule has 5 heteroatoms. The minimum atomic E-state index is 0.680. The van der Waals surface area contributed by atoms with Gasteiger partial charge in [-0.05, 0) is 63.1 Å². The van der Waals surface area contributed by atoms with Crippen molar-refractivity contribution in [2.75, 3.05) is 39.1 Å². The maximum Gasteiger partial charge on any atom is 0.173 e. The van der Waals surface area contributed by atoms with E-state index in [-0.39, 0.29) is 0 Å². The van der Waals surface area contributed by atoms with Gasteiger partial charge < -0.3 is 19.9 Å². The zero-order chi connectivity index (χ0) is 17.5.